The molecule has 24 heavy (non-hydrogen) atoms. The molecule has 126 valence electrons. The minimum atomic E-state index is -0.948. The predicted octanol–water partition coefficient (Wildman–Crippen LogP) is 2.99. The molecule has 2 aliphatic heterocycles. The third-order valence-electron chi connectivity index (χ3n) is 3.92. The third kappa shape index (κ3) is 3.32. The van der Waals surface area contributed by atoms with Crippen LogP contribution in [0.3, 0.4) is 0 Å². The second-order valence-corrected chi connectivity index (χ2v) is 7.61. The first-order valence-corrected chi connectivity index (χ1v) is 8.85. The van der Waals surface area contributed by atoms with Crippen molar-refractivity contribution in [1.29, 1.82) is 0 Å². The van der Waals surface area contributed by atoms with Gasteiger partial charge in [0, 0.05) is 13.0 Å². The van der Waals surface area contributed by atoms with Crippen molar-refractivity contribution in [1.82, 2.24) is 4.90 Å². The molecule has 7 heteroatoms. The van der Waals surface area contributed by atoms with Crippen LogP contribution >= 0.6 is 24.0 Å². The predicted molar refractivity (Wildman–Crippen MR) is 97.1 cm³/mol. The molecule has 0 radical (unpaired) electrons. The highest BCUT2D eigenvalue weighted by atomic mass is 32.2. The molecule has 0 aliphatic carbocycles. The minimum absolute atomic E-state index is 0.103. The van der Waals surface area contributed by atoms with Gasteiger partial charge in [-0.25, -0.2) is 0 Å². The lowest BCUT2D eigenvalue weighted by Gasteiger charge is -2.12. The molecule has 1 amide bonds. The van der Waals surface area contributed by atoms with Gasteiger partial charge in [0.15, 0.2) is 0 Å². The third-order valence-corrected chi connectivity index (χ3v) is 5.30. The average molecular weight is 363 g/mol. The summed E-state index contributed by atoms with van der Waals surface area (Å²) < 4.78 is 6.20. The van der Waals surface area contributed by atoms with E-state index in [-0.39, 0.29) is 25.0 Å². The second-order valence-electron chi connectivity index (χ2n) is 5.94. The number of carboxylic acids is 1. The van der Waals surface area contributed by atoms with Gasteiger partial charge in [-0.05, 0) is 48.7 Å². The van der Waals surface area contributed by atoms with E-state index in [0.29, 0.717) is 9.23 Å². The number of fused-ring (bicyclic) bond motifs is 1. The quantitative estimate of drug-likeness (QED) is 0.655. The van der Waals surface area contributed by atoms with Gasteiger partial charge in [0.1, 0.15) is 16.2 Å². The van der Waals surface area contributed by atoms with E-state index in [1.165, 1.54) is 16.7 Å². The first-order chi connectivity index (χ1) is 11.3. The van der Waals surface area contributed by atoms with Crippen LogP contribution in [0.25, 0.3) is 6.08 Å². The number of hydrogen-bond acceptors (Lipinski definition) is 5. The summed E-state index contributed by atoms with van der Waals surface area (Å²) in [5.41, 5.74) is 3.13. The molecule has 0 spiro atoms. The van der Waals surface area contributed by atoms with Crippen molar-refractivity contribution in [3.05, 3.63) is 33.7 Å². The number of rotatable bonds is 4. The van der Waals surface area contributed by atoms with Crippen LogP contribution < -0.4 is 4.74 Å². The normalized spacial score (nSPS) is 21.3. The summed E-state index contributed by atoms with van der Waals surface area (Å²) in [6.45, 7) is 4.13. The zero-order valence-electron chi connectivity index (χ0n) is 13.4. The fourth-order valence-electron chi connectivity index (χ4n) is 2.88. The van der Waals surface area contributed by atoms with Crippen LogP contribution in [0, 0.1) is 6.92 Å². The van der Waals surface area contributed by atoms with Crippen LogP contribution in [0.1, 0.15) is 30.0 Å². The average Bonchev–Trinajstić information content (AvgIpc) is 2.98. The number of carboxylic acid groups (broad SMARTS) is 1. The molecule has 1 unspecified atom stereocenters. The summed E-state index contributed by atoms with van der Waals surface area (Å²) in [5, 5.41) is 8.77. The SMILES string of the molecule is Cc1cc(C=C2SC(=S)N(CCC(=O)O)C2=O)cc2c1OC(C)C2. The molecule has 0 saturated carbocycles. The van der Waals surface area contributed by atoms with E-state index in [4.69, 9.17) is 22.1 Å². The first-order valence-electron chi connectivity index (χ1n) is 7.62. The molecule has 0 bridgehead atoms. The Morgan fingerprint density at radius 1 is 1.54 bits per heavy atom. The van der Waals surface area contributed by atoms with E-state index < -0.39 is 5.97 Å². The smallest absolute Gasteiger partial charge is 0.305 e. The van der Waals surface area contributed by atoms with E-state index in [1.807, 2.05) is 32.1 Å². The Balaban J connectivity index is 1.84. The van der Waals surface area contributed by atoms with Crippen LogP contribution in [-0.2, 0) is 16.0 Å². The number of ether oxygens (including phenoxy) is 1. The van der Waals surface area contributed by atoms with E-state index in [1.54, 1.807) is 0 Å². The number of hydrogen-bond donors (Lipinski definition) is 1. The van der Waals surface area contributed by atoms with Crippen molar-refractivity contribution in [2.24, 2.45) is 0 Å². The van der Waals surface area contributed by atoms with E-state index in [0.717, 1.165) is 28.9 Å². The van der Waals surface area contributed by atoms with Crippen molar-refractivity contribution in [3.8, 4) is 5.75 Å². The maximum atomic E-state index is 12.4. The van der Waals surface area contributed by atoms with Gasteiger partial charge in [-0.15, -0.1) is 0 Å². The molecule has 1 N–H and O–H groups in total. The molecule has 5 nitrogen and oxygen atoms in total. The first kappa shape index (κ1) is 17.0. The van der Waals surface area contributed by atoms with Crippen LogP contribution in [0.5, 0.6) is 5.75 Å². The number of thioether (sulfide) groups is 1. The van der Waals surface area contributed by atoms with Gasteiger partial charge in [0.25, 0.3) is 5.91 Å². The standard InChI is InChI=1S/C17H17NO4S2/c1-9-5-11(7-12-6-10(2)22-15(9)12)8-13-16(21)18(17(23)24-13)4-3-14(19)20/h5,7-8,10H,3-4,6H2,1-2H3,(H,19,20). The zero-order valence-corrected chi connectivity index (χ0v) is 15.0. The molecule has 2 aliphatic rings. The van der Waals surface area contributed by atoms with Crippen LogP contribution in [0.4, 0.5) is 0 Å². The van der Waals surface area contributed by atoms with Gasteiger partial charge in [-0.3, -0.25) is 14.5 Å². The molecule has 3 rings (SSSR count). The molecule has 0 aromatic heterocycles. The van der Waals surface area contributed by atoms with Gasteiger partial charge < -0.3 is 9.84 Å². The highest BCUT2D eigenvalue weighted by Crippen LogP contribution is 2.36. The zero-order chi connectivity index (χ0) is 17.4. The van der Waals surface area contributed by atoms with Gasteiger partial charge in [0.05, 0.1) is 11.3 Å². The number of benzene rings is 1. The van der Waals surface area contributed by atoms with Crippen molar-refractivity contribution in [3.63, 3.8) is 0 Å². The summed E-state index contributed by atoms with van der Waals surface area (Å²) >= 11 is 6.41. The maximum Gasteiger partial charge on any atom is 0.305 e. The van der Waals surface area contributed by atoms with Crippen molar-refractivity contribution in [2.75, 3.05) is 6.54 Å². The number of amides is 1. The number of aryl methyl sites for hydroxylation is 1. The number of carbonyl (C=O) groups excluding carboxylic acids is 1. The lowest BCUT2D eigenvalue weighted by atomic mass is 10.0. The summed E-state index contributed by atoms with van der Waals surface area (Å²) in [6, 6.07) is 4.02. The van der Waals surface area contributed by atoms with Gasteiger partial charge in [-0.2, -0.15) is 0 Å². The highest BCUT2D eigenvalue weighted by molar-refractivity contribution is 8.26. The number of aliphatic carboxylic acids is 1. The minimum Gasteiger partial charge on any atom is -0.490 e. The van der Waals surface area contributed by atoms with Gasteiger partial charge >= 0.3 is 5.97 Å². The Labute approximate surface area is 149 Å². The van der Waals surface area contributed by atoms with Gasteiger partial charge in [0.2, 0.25) is 0 Å². The second kappa shape index (κ2) is 6.57. The highest BCUT2D eigenvalue weighted by Gasteiger charge is 2.32. The Kier molecular flexibility index (Phi) is 4.64. The number of thiocarbonyl (C=S) groups is 1. The molecule has 1 aromatic rings. The summed E-state index contributed by atoms with van der Waals surface area (Å²) in [4.78, 5) is 25.0. The van der Waals surface area contributed by atoms with Gasteiger partial charge in [-0.1, -0.05) is 24.0 Å². The lowest BCUT2D eigenvalue weighted by molar-refractivity contribution is -0.137. The number of carbonyl (C=O) groups is 2. The maximum absolute atomic E-state index is 12.4. The van der Waals surface area contributed by atoms with Crippen LogP contribution in [0.15, 0.2) is 17.0 Å². The molecule has 1 atom stereocenters. The lowest BCUT2D eigenvalue weighted by Crippen LogP contribution is -2.30. The molecule has 1 fully saturated rings. The van der Waals surface area contributed by atoms with Crippen molar-refractivity contribution in [2.45, 2.75) is 32.8 Å². The Morgan fingerprint density at radius 2 is 2.29 bits per heavy atom. The Morgan fingerprint density at radius 3 is 3.00 bits per heavy atom. The van der Waals surface area contributed by atoms with E-state index in [9.17, 15) is 9.59 Å². The molecular formula is C17H17NO4S2. The summed E-state index contributed by atoms with van der Waals surface area (Å²) in [7, 11) is 0. The largest absolute Gasteiger partial charge is 0.490 e. The number of nitrogens with zero attached hydrogens (tertiary/aromatic N) is 1. The molecule has 2 heterocycles. The van der Waals surface area contributed by atoms with Crippen molar-refractivity contribution >= 4 is 46.3 Å². The van der Waals surface area contributed by atoms with Crippen LogP contribution in [0.2, 0.25) is 0 Å². The van der Waals surface area contributed by atoms with Crippen molar-refractivity contribution < 1.29 is 19.4 Å². The molecular weight excluding hydrogens is 346 g/mol. The Bertz CT molecular complexity index is 772. The monoisotopic (exact) mass is 363 g/mol. The summed E-state index contributed by atoms with van der Waals surface area (Å²) in [6.07, 6.45) is 2.73. The summed E-state index contributed by atoms with van der Waals surface area (Å²) in [5.74, 6) is -0.237. The fourth-order valence-corrected chi connectivity index (χ4v) is 4.19. The topological polar surface area (TPSA) is 66.8 Å². The van der Waals surface area contributed by atoms with E-state index >= 15 is 0 Å². The molecule has 1 aromatic carbocycles. The molecule has 1 saturated heterocycles. The van der Waals surface area contributed by atoms with E-state index in [2.05, 4.69) is 0 Å². The fraction of sp³-hybridized carbons (Fsp3) is 0.353. The van der Waals surface area contributed by atoms with Crippen LogP contribution in [-0.4, -0.2) is 38.9 Å². The Hall–Kier alpha value is -1.86.